The van der Waals surface area contributed by atoms with Crippen LogP contribution in [0, 0.1) is 5.82 Å². The molecule has 0 aliphatic rings. The molecule has 0 atom stereocenters. The average Bonchev–Trinajstić information content (AvgIpc) is 2.29. The molecule has 0 unspecified atom stereocenters. The number of hydrogen-bond donors (Lipinski definition) is 2. The van der Waals surface area contributed by atoms with E-state index in [9.17, 15) is 14.0 Å². The molecular formula is C12H15FN2O3. The van der Waals surface area contributed by atoms with E-state index in [2.05, 4.69) is 5.32 Å². The van der Waals surface area contributed by atoms with Gasteiger partial charge >= 0.3 is 5.97 Å². The fourth-order valence-electron chi connectivity index (χ4n) is 1.32. The summed E-state index contributed by atoms with van der Waals surface area (Å²) in [4.78, 5) is 22.7. The number of rotatable bonds is 5. The zero-order valence-electron chi connectivity index (χ0n) is 10.0. The van der Waals surface area contributed by atoms with Gasteiger partial charge in [-0.3, -0.25) is 4.79 Å². The number of carbonyl (C=O) groups is 2. The molecule has 0 saturated heterocycles. The van der Waals surface area contributed by atoms with E-state index in [1.54, 1.807) is 6.92 Å². The molecule has 1 rings (SSSR count). The number of amides is 1. The summed E-state index contributed by atoms with van der Waals surface area (Å²) in [7, 11) is 0. The average molecular weight is 254 g/mol. The van der Waals surface area contributed by atoms with Gasteiger partial charge in [0.05, 0.1) is 12.0 Å². The van der Waals surface area contributed by atoms with Crippen LogP contribution in [0.5, 0.6) is 0 Å². The lowest BCUT2D eigenvalue weighted by Gasteiger charge is -2.07. The van der Waals surface area contributed by atoms with Gasteiger partial charge < -0.3 is 15.8 Å². The van der Waals surface area contributed by atoms with Crippen LogP contribution >= 0.6 is 0 Å². The first-order valence-electron chi connectivity index (χ1n) is 5.53. The lowest BCUT2D eigenvalue weighted by molar-refractivity contribution is -0.121. The molecular weight excluding hydrogens is 239 g/mol. The highest BCUT2D eigenvalue weighted by Crippen LogP contribution is 2.14. The zero-order chi connectivity index (χ0) is 13.5. The van der Waals surface area contributed by atoms with Crippen molar-refractivity contribution in [2.75, 3.05) is 18.9 Å². The second kappa shape index (κ2) is 6.58. The van der Waals surface area contributed by atoms with Crippen molar-refractivity contribution in [2.24, 2.45) is 0 Å². The van der Waals surface area contributed by atoms with Gasteiger partial charge in [-0.1, -0.05) is 0 Å². The second-order valence-corrected chi connectivity index (χ2v) is 3.57. The van der Waals surface area contributed by atoms with Gasteiger partial charge in [-0.15, -0.1) is 0 Å². The summed E-state index contributed by atoms with van der Waals surface area (Å²) in [6.45, 7) is 2.28. The van der Waals surface area contributed by atoms with Crippen LogP contribution in [-0.2, 0) is 9.53 Å². The molecule has 0 heterocycles. The molecule has 98 valence electrons. The Morgan fingerprint density at radius 2 is 2.17 bits per heavy atom. The molecule has 0 spiro atoms. The van der Waals surface area contributed by atoms with Crippen LogP contribution in [0.25, 0.3) is 0 Å². The third-order valence-corrected chi connectivity index (χ3v) is 2.17. The number of carbonyl (C=O) groups excluding carboxylic acids is 2. The molecule has 0 saturated carbocycles. The Labute approximate surface area is 104 Å². The summed E-state index contributed by atoms with van der Waals surface area (Å²) in [5, 5.41) is 2.57. The molecule has 0 fully saturated rings. The van der Waals surface area contributed by atoms with Gasteiger partial charge in [0.2, 0.25) is 5.91 Å². The minimum Gasteiger partial charge on any atom is -0.461 e. The smallest absolute Gasteiger partial charge is 0.340 e. The molecule has 18 heavy (non-hydrogen) atoms. The molecule has 0 aromatic heterocycles. The lowest BCUT2D eigenvalue weighted by Crippen LogP contribution is -2.24. The van der Waals surface area contributed by atoms with E-state index in [-0.39, 0.29) is 30.2 Å². The summed E-state index contributed by atoms with van der Waals surface area (Å²) in [6, 6.07) is 3.41. The van der Waals surface area contributed by atoms with Crippen molar-refractivity contribution in [3.8, 4) is 0 Å². The molecule has 3 N–H and O–H groups in total. The number of hydrogen-bond acceptors (Lipinski definition) is 4. The van der Waals surface area contributed by atoms with Crippen LogP contribution in [0.4, 0.5) is 10.1 Å². The maximum absolute atomic E-state index is 12.8. The van der Waals surface area contributed by atoms with Gasteiger partial charge in [0, 0.05) is 12.2 Å². The predicted molar refractivity (Wildman–Crippen MR) is 64.4 cm³/mol. The van der Waals surface area contributed by atoms with E-state index in [1.807, 2.05) is 0 Å². The van der Waals surface area contributed by atoms with E-state index < -0.39 is 11.8 Å². The quantitative estimate of drug-likeness (QED) is 0.608. The summed E-state index contributed by atoms with van der Waals surface area (Å²) in [5.74, 6) is -1.39. The van der Waals surface area contributed by atoms with Crippen LogP contribution in [0.15, 0.2) is 18.2 Å². The molecule has 0 bridgehead atoms. The SMILES string of the molecule is CCNC(=O)CCOC(=O)c1ccc(F)cc1N. The monoisotopic (exact) mass is 254 g/mol. The Morgan fingerprint density at radius 1 is 1.44 bits per heavy atom. The molecule has 6 heteroatoms. The summed E-state index contributed by atoms with van der Waals surface area (Å²) in [6.07, 6.45) is 0.0840. The van der Waals surface area contributed by atoms with Crippen molar-refractivity contribution in [1.82, 2.24) is 5.32 Å². The third kappa shape index (κ3) is 4.04. The molecule has 1 aromatic rings. The first kappa shape index (κ1) is 14.0. The topological polar surface area (TPSA) is 81.4 Å². The second-order valence-electron chi connectivity index (χ2n) is 3.57. The fraction of sp³-hybridized carbons (Fsp3) is 0.333. The highest BCUT2D eigenvalue weighted by molar-refractivity contribution is 5.95. The predicted octanol–water partition coefficient (Wildman–Crippen LogP) is 1.09. The van der Waals surface area contributed by atoms with Gasteiger partial charge in [-0.05, 0) is 25.1 Å². The molecule has 0 radical (unpaired) electrons. The summed E-state index contributed by atoms with van der Waals surface area (Å²) in [5.41, 5.74) is 5.58. The molecule has 1 amide bonds. The van der Waals surface area contributed by atoms with Crippen LogP contribution in [-0.4, -0.2) is 25.0 Å². The van der Waals surface area contributed by atoms with E-state index >= 15 is 0 Å². The highest BCUT2D eigenvalue weighted by Gasteiger charge is 2.12. The van der Waals surface area contributed by atoms with Gasteiger partial charge in [0.1, 0.15) is 12.4 Å². The number of nitrogen functional groups attached to an aromatic ring is 1. The summed E-state index contributed by atoms with van der Waals surface area (Å²) < 4.78 is 17.6. The Kier molecular flexibility index (Phi) is 5.10. The number of anilines is 1. The third-order valence-electron chi connectivity index (χ3n) is 2.17. The number of benzene rings is 1. The molecule has 5 nitrogen and oxygen atoms in total. The van der Waals surface area contributed by atoms with Gasteiger partial charge in [-0.2, -0.15) is 0 Å². The minimum absolute atomic E-state index is 0.0120. The number of esters is 1. The van der Waals surface area contributed by atoms with Crippen molar-refractivity contribution >= 4 is 17.6 Å². The van der Waals surface area contributed by atoms with E-state index in [4.69, 9.17) is 10.5 Å². The lowest BCUT2D eigenvalue weighted by atomic mass is 10.2. The highest BCUT2D eigenvalue weighted by atomic mass is 19.1. The number of nitrogens with two attached hydrogens (primary N) is 1. The summed E-state index contributed by atoms with van der Waals surface area (Å²) >= 11 is 0. The number of ether oxygens (including phenoxy) is 1. The standard InChI is InChI=1S/C12H15FN2O3/c1-2-15-11(16)5-6-18-12(17)9-4-3-8(13)7-10(9)14/h3-4,7H,2,5-6,14H2,1H3,(H,15,16). The van der Waals surface area contributed by atoms with Crippen LogP contribution < -0.4 is 11.1 Å². The van der Waals surface area contributed by atoms with E-state index in [1.165, 1.54) is 6.07 Å². The number of halogens is 1. The maximum Gasteiger partial charge on any atom is 0.340 e. The molecule has 0 aliphatic carbocycles. The van der Waals surface area contributed by atoms with Gasteiger partial charge in [0.25, 0.3) is 0 Å². The molecule has 1 aromatic carbocycles. The van der Waals surface area contributed by atoms with Crippen molar-refractivity contribution in [3.05, 3.63) is 29.6 Å². The van der Waals surface area contributed by atoms with Gasteiger partial charge in [0.15, 0.2) is 0 Å². The Hall–Kier alpha value is -2.11. The normalized spacial score (nSPS) is 9.89. The minimum atomic E-state index is -0.670. The Morgan fingerprint density at radius 3 is 2.78 bits per heavy atom. The van der Waals surface area contributed by atoms with Crippen molar-refractivity contribution in [3.63, 3.8) is 0 Å². The van der Waals surface area contributed by atoms with Crippen LogP contribution in [0.1, 0.15) is 23.7 Å². The van der Waals surface area contributed by atoms with Crippen LogP contribution in [0.2, 0.25) is 0 Å². The number of nitrogens with one attached hydrogen (secondary N) is 1. The Balaban J connectivity index is 2.48. The zero-order valence-corrected chi connectivity index (χ0v) is 10.0. The maximum atomic E-state index is 12.8. The first-order valence-corrected chi connectivity index (χ1v) is 5.53. The van der Waals surface area contributed by atoms with Crippen molar-refractivity contribution in [1.29, 1.82) is 0 Å². The van der Waals surface area contributed by atoms with Crippen molar-refractivity contribution in [2.45, 2.75) is 13.3 Å². The van der Waals surface area contributed by atoms with Gasteiger partial charge in [-0.25, -0.2) is 9.18 Å². The van der Waals surface area contributed by atoms with Crippen molar-refractivity contribution < 1.29 is 18.7 Å². The van der Waals surface area contributed by atoms with E-state index in [0.717, 1.165) is 12.1 Å². The Bertz CT molecular complexity index is 449. The first-order chi connectivity index (χ1) is 8.54. The fourth-order valence-corrected chi connectivity index (χ4v) is 1.32. The van der Waals surface area contributed by atoms with E-state index in [0.29, 0.717) is 6.54 Å². The molecule has 0 aliphatic heterocycles. The van der Waals surface area contributed by atoms with Crippen LogP contribution in [0.3, 0.4) is 0 Å². The largest absolute Gasteiger partial charge is 0.461 e.